The lowest BCUT2D eigenvalue weighted by Gasteiger charge is -2.10. The van der Waals surface area contributed by atoms with E-state index < -0.39 is 0 Å². The first-order valence-electron chi connectivity index (χ1n) is 8.75. The van der Waals surface area contributed by atoms with Gasteiger partial charge in [-0.3, -0.25) is 4.40 Å². The van der Waals surface area contributed by atoms with E-state index in [1.807, 2.05) is 47.9 Å². The monoisotopic (exact) mass is 359 g/mol. The van der Waals surface area contributed by atoms with Gasteiger partial charge in [-0.15, -0.1) is 0 Å². The number of rotatable bonds is 4. The molecule has 5 heteroatoms. The minimum Gasteiger partial charge on any atom is -0.504 e. The van der Waals surface area contributed by atoms with E-state index in [-0.39, 0.29) is 5.75 Å². The largest absolute Gasteiger partial charge is 0.504 e. The van der Waals surface area contributed by atoms with Crippen LogP contribution < -0.4 is 10.1 Å². The van der Waals surface area contributed by atoms with Crippen molar-refractivity contribution in [2.45, 2.75) is 13.8 Å². The first-order chi connectivity index (χ1) is 13.1. The van der Waals surface area contributed by atoms with Crippen LogP contribution in [0.4, 0.5) is 11.5 Å². The third-order valence-corrected chi connectivity index (χ3v) is 4.61. The second kappa shape index (κ2) is 6.68. The minimum atomic E-state index is 0.106. The zero-order chi connectivity index (χ0) is 19.0. The Morgan fingerprint density at radius 2 is 1.81 bits per heavy atom. The Bertz CT molecular complexity index is 1110. The van der Waals surface area contributed by atoms with E-state index in [0.29, 0.717) is 5.75 Å². The van der Waals surface area contributed by atoms with E-state index in [2.05, 4.69) is 24.4 Å². The molecule has 2 heterocycles. The predicted molar refractivity (Wildman–Crippen MR) is 108 cm³/mol. The lowest BCUT2D eigenvalue weighted by atomic mass is 10.1. The van der Waals surface area contributed by atoms with Crippen LogP contribution in [0.2, 0.25) is 0 Å². The number of phenols is 1. The molecule has 27 heavy (non-hydrogen) atoms. The summed E-state index contributed by atoms with van der Waals surface area (Å²) in [6.45, 7) is 4.11. The molecule has 0 saturated heterocycles. The van der Waals surface area contributed by atoms with E-state index in [4.69, 9.17) is 9.72 Å². The van der Waals surface area contributed by atoms with Gasteiger partial charge in [0.1, 0.15) is 17.2 Å². The highest BCUT2D eigenvalue weighted by Gasteiger charge is 2.17. The normalized spacial score (nSPS) is 10.9. The SMILES string of the molecule is COc1cc(-c2nc3c(C)cccn3c2Nc2ccc(C)cc2)ccc1O. The number of imidazole rings is 1. The molecule has 0 aliphatic heterocycles. The number of nitrogens with zero attached hydrogens (tertiary/aromatic N) is 2. The number of hydrogen-bond acceptors (Lipinski definition) is 4. The van der Waals surface area contributed by atoms with Crippen LogP contribution in [0.5, 0.6) is 11.5 Å². The van der Waals surface area contributed by atoms with Crippen LogP contribution in [0.3, 0.4) is 0 Å². The number of aromatic nitrogens is 2. The molecule has 2 aromatic heterocycles. The number of anilines is 2. The van der Waals surface area contributed by atoms with Crippen LogP contribution in [0.15, 0.2) is 60.8 Å². The Hall–Kier alpha value is -3.47. The molecule has 0 bridgehead atoms. The van der Waals surface area contributed by atoms with Gasteiger partial charge in [0.05, 0.1) is 7.11 Å². The summed E-state index contributed by atoms with van der Waals surface area (Å²) in [4.78, 5) is 4.86. The summed E-state index contributed by atoms with van der Waals surface area (Å²) in [6, 6.07) is 17.5. The number of benzene rings is 2. The zero-order valence-corrected chi connectivity index (χ0v) is 15.5. The summed E-state index contributed by atoms with van der Waals surface area (Å²) >= 11 is 0. The summed E-state index contributed by atoms with van der Waals surface area (Å²) < 4.78 is 7.32. The quantitative estimate of drug-likeness (QED) is 0.534. The number of phenolic OH excluding ortho intramolecular Hbond substituents is 1. The van der Waals surface area contributed by atoms with E-state index in [1.54, 1.807) is 12.1 Å². The fourth-order valence-corrected chi connectivity index (χ4v) is 3.12. The van der Waals surface area contributed by atoms with Crippen molar-refractivity contribution in [3.05, 3.63) is 71.9 Å². The maximum Gasteiger partial charge on any atom is 0.161 e. The van der Waals surface area contributed by atoms with Crippen LogP contribution in [-0.4, -0.2) is 21.6 Å². The molecule has 0 atom stereocenters. The van der Waals surface area contributed by atoms with Gasteiger partial charge in [-0.05, 0) is 55.8 Å². The van der Waals surface area contributed by atoms with Gasteiger partial charge in [-0.25, -0.2) is 4.98 Å². The molecule has 0 amide bonds. The molecule has 4 aromatic rings. The van der Waals surface area contributed by atoms with Gasteiger partial charge in [0.15, 0.2) is 11.5 Å². The van der Waals surface area contributed by atoms with Gasteiger partial charge in [0, 0.05) is 17.4 Å². The first kappa shape index (κ1) is 17.0. The van der Waals surface area contributed by atoms with Gasteiger partial charge in [0.25, 0.3) is 0 Å². The Morgan fingerprint density at radius 1 is 1.04 bits per heavy atom. The second-order valence-electron chi connectivity index (χ2n) is 6.57. The Morgan fingerprint density at radius 3 is 2.56 bits per heavy atom. The van der Waals surface area contributed by atoms with Crippen LogP contribution >= 0.6 is 0 Å². The third-order valence-electron chi connectivity index (χ3n) is 4.61. The average molecular weight is 359 g/mol. The molecule has 0 aliphatic carbocycles. The van der Waals surface area contributed by atoms with Crippen LogP contribution in [0, 0.1) is 13.8 Å². The number of ether oxygens (including phenoxy) is 1. The number of aryl methyl sites for hydroxylation is 2. The number of nitrogens with one attached hydrogen (secondary N) is 1. The van der Waals surface area contributed by atoms with Crippen molar-refractivity contribution in [2.75, 3.05) is 12.4 Å². The van der Waals surface area contributed by atoms with Crippen molar-refractivity contribution in [3.8, 4) is 22.8 Å². The topological polar surface area (TPSA) is 58.8 Å². The predicted octanol–water partition coefficient (Wildman–Crippen LogP) is 5.08. The zero-order valence-electron chi connectivity index (χ0n) is 15.5. The second-order valence-corrected chi connectivity index (χ2v) is 6.57. The molecule has 0 radical (unpaired) electrons. The van der Waals surface area contributed by atoms with Crippen molar-refractivity contribution in [1.82, 2.24) is 9.38 Å². The Balaban J connectivity index is 1.91. The average Bonchev–Trinajstić information content (AvgIpc) is 3.04. The minimum absolute atomic E-state index is 0.106. The molecular weight excluding hydrogens is 338 g/mol. The molecule has 0 unspecified atom stereocenters. The van der Waals surface area contributed by atoms with E-state index in [0.717, 1.165) is 34.0 Å². The highest BCUT2D eigenvalue weighted by Crippen LogP contribution is 2.36. The molecule has 4 rings (SSSR count). The standard InChI is InChI=1S/C22H21N3O2/c1-14-6-9-17(10-7-14)23-22-20(16-8-11-18(26)19(13-16)27-3)24-21-15(2)5-4-12-25(21)22/h4-13,23,26H,1-3H3. The van der Waals surface area contributed by atoms with Crippen molar-refractivity contribution in [2.24, 2.45) is 0 Å². The van der Waals surface area contributed by atoms with Crippen LogP contribution in [0.25, 0.3) is 16.9 Å². The smallest absolute Gasteiger partial charge is 0.161 e. The first-order valence-corrected chi connectivity index (χ1v) is 8.75. The Labute approximate surface area is 157 Å². The van der Waals surface area contributed by atoms with E-state index >= 15 is 0 Å². The summed E-state index contributed by atoms with van der Waals surface area (Å²) in [6.07, 6.45) is 1.99. The Kier molecular flexibility index (Phi) is 4.20. The van der Waals surface area contributed by atoms with Gasteiger partial charge in [-0.1, -0.05) is 23.8 Å². The number of pyridine rings is 1. The van der Waals surface area contributed by atoms with Gasteiger partial charge < -0.3 is 15.2 Å². The molecule has 2 aromatic carbocycles. The molecular formula is C22H21N3O2. The summed E-state index contributed by atoms with van der Waals surface area (Å²) in [5, 5.41) is 13.4. The molecule has 0 fully saturated rings. The fourth-order valence-electron chi connectivity index (χ4n) is 3.12. The maximum absolute atomic E-state index is 9.93. The molecule has 136 valence electrons. The van der Waals surface area contributed by atoms with Gasteiger partial charge in [-0.2, -0.15) is 0 Å². The van der Waals surface area contributed by atoms with Crippen molar-refractivity contribution < 1.29 is 9.84 Å². The number of aromatic hydroxyl groups is 1. The lowest BCUT2D eigenvalue weighted by molar-refractivity contribution is 0.373. The lowest BCUT2D eigenvalue weighted by Crippen LogP contribution is -1.97. The molecule has 0 spiro atoms. The van der Waals surface area contributed by atoms with Gasteiger partial charge in [0.2, 0.25) is 0 Å². The molecule has 0 saturated carbocycles. The number of methoxy groups -OCH3 is 1. The van der Waals surface area contributed by atoms with E-state index in [9.17, 15) is 5.11 Å². The highest BCUT2D eigenvalue weighted by molar-refractivity contribution is 5.81. The highest BCUT2D eigenvalue weighted by atomic mass is 16.5. The van der Waals surface area contributed by atoms with Crippen molar-refractivity contribution in [1.29, 1.82) is 0 Å². The molecule has 0 aliphatic rings. The molecule has 5 nitrogen and oxygen atoms in total. The van der Waals surface area contributed by atoms with Crippen LogP contribution in [-0.2, 0) is 0 Å². The fraction of sp³-hybridized carbons (Fsp3) is 0.136. The number of hydrogen-bond donors (Lipinski definition) is 2. The summed E-state index contributed by atoms with van der Waals surface area (Å²) in [5.41, 5.74) is 5.81. The van der Waals surface area contributed by atoms with E-state index in [1.165, 1.54) is 12.7 Å². The molecule has 2 N–H and O–H groups in total. The summed E-state index contributed by atoms with van der Waals surface area (Å²) in [5.74, 6) is 1.39. The number of fused-ring (bicyclic) bond motifs is 1. The third kappa shape index (κ3) is 3.08. The maximum atomic E-state index is 9.93. The van der Waals surface area contributed by atoms with Crippen molar-refractivity contribution in [3.63, 3.8) is 0 Å². The van der Waals surface area contributed by atoms with Crippen molar-refractivity contribution >= 4 is 17.2 Å². The van der Waals surface area contributed by atoms with Crippen LogP contribution in [0.1, 0.15) is 11.1 Å². The van der Waals surface area contributed by atoms with Gasteiger partial charge >= 0.3 is 0 Å². The summed E-state index contributed by atoms with van der Waals surface area (Å²) in [7, 11) is 1.54.